The Labute approximate surface area is 182 Å². The molecule has 0 aromatic heterocycles. The summed E-state index contributed by atoms with van der Waals surface area (Å²) >= 11 is 2.09. The first-order chi connectivity index (χ1) is 13.7. The lowest BCUT2D eigenvalue weighted by Gasteiger charge is -2.30. The van der Waals surface area contributed by atoms with E-state index >= 15 is 0 Å². The van der Waals surface area contributed by atoms with Crippen molar-refractivity contribution in [3.8, 4) is 0 Å². The summed E-state index contributed by atoms with van der Waals surface area (Å²) in [4.78, 5) is 36.5. The second-order valence-electron chi connectivity index (χ2n) is 6.77. The van der Waals surface area contributed by atoms with Crippen LogP contribution in [0.4, 0.5) is 5.69 Å². The number of alkyl halides is 1. The first-order valence-electron chi connectivity index (χ1n) is 9.04. The molecule has 1 aromatic carbocycles. The van der Waals surface area contributed by atoms with Crippen molar-refractivity contribution in [3.63, 3.8) is 0 Å². The van der Waals surface area contributed by atoms with Gasteiger partial charge in [0, 0.05) is 28.0 Å². The van der Waals surface area contributed by atoms with Crippen molar-refractivity contribution in [2.45, 2.75) is 39.7 Å². The number of nitro benzene ring substituents is 1. The molecule has 0 bridgehead atoms. The topological polar surface area (TPSA) is 108 Å². The predicted octanol–water partition coefficient (Wildman–Crippen LogP) is 3.76. The Balaban J connectivity index is 2.65. The highest BCUT2D eigenvalue weighted by atomic mass is 127. The van der Waals surface area contributed by atoms with Gasteiger partial charge < -0.3 is 14.8 Å². The van der Waals surface area contributed by atoms with Gasteiger partial charge in [0.1, 0.15) is 6.61 Å². The quantitative estimate of drug-likeness (QED) is 0.194. The number of allylic oxidation sites excluding steroid dienone is 2. The minimum atomic E-state index is -0.843. The van der Waals surface area contributed by atoms with Gasteiger partial charge >= 0.3 is 11.9 Å². The highest BCUT2D eigenvalue weighted by Crippen LogP contribution is 2.40. The van der Waals surface area contributed by atoms with Crippen LogP contribution in [0.2, 0.25) is 0 Å². The molecule has 1 unspecified atom stereocenters. The number of ether oxygens (including phenoxy) is 2. The minimum Gasteiger partial charge on any atom is -0.461 e. The summed E-state index contributed by atoms with van der Waals surface area (Å²) in [5.41, 5.74) is 1.82. The van der Waals surface area contributed by atoms with Crippen LogP contribution in [0.5, 0.6) is 0 Å². The molecule has 1 aliphatic rings. The molecule has 1 N–H and O–H groups in total. The molecule has 0 amide bonds. The zero-order valence-electron chi connectivity index (χ0n) is 16.7. The van der Waals surface area contributed by atoms with Crippen molar-refractivity contribution in [3.05, 3.63) is 62.5 Å². The summed E-state index contributed by atoms with van der Waals surface area (Å²) in [7, 11) is 0. The molecule has 0 spiro atoms. The first-order valence-corrected chi connectivity index (χ1v) is 10.6. The average Bonchev–Trinajstić information content (AvgIpc) is 2.64. The number of rotatable bonds is 7. The number of dihydropyridines is 1. The second-order valence-corrected chi connectivity index (χ2v) is 7.85. The second kappa shape index (κ2) is 9.86. The molecule has 0 saturated carbocycles. The van der Waals surface area contributed by atoms with Crippen LogP contribution in [0.25, 0.3) is 0 Å². The van der Waals surface area contributed by atoms with Crippen molar-refractivity contribution in [1.82, 2.24) is 5.32 Å². The van der Waals surface area contributed by atoms with Gasteiger partial charge in [-0.15, -0.1) is 0 Å². The number of hydrogen-bond acceptors (Lipinski definition) is 7. The van der Waals surface area contributed by atoms with E-state index in [9.17, 15) is 19.7 Å². The van der Waals surface area contributed by atoms with E-state index in [1.165, 1.54) is 18.2 Å². The van der Waals surface area contributed by atoms with Crippen molar-refractivity contribution in [2.24, 2.45) is 0 Å². The molecule has 1 atom stereocenters. The van der Waals surface area contributed by atoms with Gasteiger partial charge in [-0.3, -0.25) is 10.1 Å². The third kappa shape index (κ3) is 5.34. The maximum absolute atomic E-state index is 12.9. The number of hydrogen-bond donors (Lipinski definition) is 1. The number of carbonyl (C=O) groups excluding carboxylic acids is 2. The summed E-state index contributed by atoms with van der Waals surface area (Å²) in [5.74, 6) is -2.01. The molecular weight excluding hydrogens is 491 g/mol. The van der Waals surface area contributed by atoms with Crippen molar-refractivity contribution in [1.29, 1.82) is 0 Å². The number of carbonyl (C=O) groups is 2. The summed E-state index contributed by atoms with van der Waals surface area (Å²) in [6, 6.07) is 5.90. The minimum absolute atomic E-state index is 0.132. The molecule has 29 heavy (non-hydrogen) atoms. The molecule has 1 heterocycles. The molecule has 0 aliphatic carbocycles. The summed E-state index contributed by atoms with van der Waals surface area (Å²) in [5, 5.41) is 14.3. The Morgan fingerprint density at radius 3 is 2.38 bits per heavy atom. The molecule has 156 valence electrons. The number of nitrogens with zero attached hydrogens (tertiary/aromatic N) is 1. The van der Waals surface area contributed by atoms with E-state index in [0.29, 0.717) is 21.4 Å². The van der Waals surface area contributed by atoms with Gasteiger partial charge in [0.15, 0.2) is 0 Å². The highest BCUT2D eigenvalue weighted by molar-refractivity contribution is 14.1. The third-order valence-electron chi connectivity index (χ3n) is 4.27. The molecule has 1 aromatic rings. The number of benzene rings is 1. The van der Waals surface area contributed by atoms with Crippen LogP contribution in [0, 0.1) is 10.1 Å². The van der Waals surface area contributed by atoms with Crippen LogP contribution in [-0.4, -0.2) is 34.0 Å². The van der Waals surface area contributed by atoms with Crippen LogP contribution < -0.4 is 5.32 Å². The highest BCUT2D eigenvalue weighted by Gasteiger charge is 2.38. The third-order valence-corrected chi connectivity index (χ3v) is 4.71. The Bertz CT molecular complexity index is 891. The van der Waals surface area contributed by atoms with E-state index in [1.807, 2.05) is 0 Å². The average molecular weight is 514 g/mol. The number of non-ortho nitro benzene ring substituents is 1. The largest absolute Gasteiger partial charge is 0.461 e. The van der Waals surface area contributed by atoms with Crippen LogP contribution >= 0.6 is 22.6 Å². The molecular formula is C20H23IN2O6. The zero-order valence-corrected chi connectivity index (χ0v) is 18.8. The van der Waals surface area contributed by atoms with E-state index in [1.54, 1.807) is 33.8 Å². The zero-order chi connectivity index (χ0) is 21.7. The van der Waals surface area contributed by atoms with E-state index in [0.717, 1.165) is 0 Å². The van der Waals surface area contributed by atoms with E-state index in [4.69, 9.17) is 9.47 Å². The van der Waals surface area contributed by atoms with Crippen LogP contribution in [0.1, 0.15) is 39.2 Å². The van der Waals surface area contributed by atoms with Gasteiger partial charge in [0.05, 0.1) is 28.1 Å². The Morgan fingerprint density at radius 2 is 1.83 bits per heavy atom. The molecule has 0 fully saturated rings. The van der Waals surface area contributed by atoms with E-state index < -0.39 is 22.8 Å². The monoisotopic (exact) mass is 514 g/mol. The maximum atomic E-state index is 12.9. The fourth-order valence-corrected chi connectivity index (χ4v) is 3.39. The summed E-state index contributed by atoms with van der Waals surface area (Å²) in [6.07, 6.45) is -0.366. The molecule has 9 heteroatoms. The number of nitrogens with one attached hydrogen (secondary N) is 1. The van der Waals surface area contributed by atoms with Crippen molar-refractivity contribution in [2.75, 3.05) is 11.0 Å². The Morgan fingerprint density at radius 1 is 1.21 bits per heavy atom. The fraction of sp³-hybridized carbons (Fsp3) is 0.400. The molecule has 1 aliphatic heterocycles. The molecule has 0 radical (unpaired) electrons. The normalized spacial score (nSPS) is 16.6. The first kappa shape index (κ1) is 22.9. The Kier molecular flexibility index (Phi) is 7.77. The molecule has 0 saturated heterocycles. The SMILES string of the molecule is CC1=C(C(=O)OCCI)C(c2cccc([N+](=O)[O-])c2)C(C(=O)OC(C)C)=C(C)N1. The van der Waals surface area contributed by atoms with Gasteiger partial charge in [-0.05, 0) is 33.3 Å². The van der Waals surface area contributed by atoms with E-state index in [2.05, 4.69) is 27.9 Å². The number of nitro groups is 1. The van der Waals surface area contributed by atoms with Crippen LogP contribution in [-0.2, 0) is 19.1 Å². The fourth-order valence-electron chi connectivity index (χ4n) is 3.17. The summed E-state index contributed by atoms with van der Waals surface area (Å²) in [6.45, 7) is 7.08. The predicted molar refractivity (Wildman–Crippen MR) is 115 cm³/mol. The lowest BCUT2D eigenvalue weighted by atomic mass is 9.80. The van der Waals surface area contributed by atoms with Crippen LogP contribution in [0.3, 0.4) is 0 Å². The molecule has 8 nitrogen and oxygen atoms in total. The van der Waals surface area contributed by atoms with Crippen molar-refractivity contribution >= 4 is 40.2 Å². The standard InChI is InChI=1S/C20H23IN2O6/c1-11(2)29-20(25)17-13(4)22-12(3)16(19(24)28-9-8-21)18(17)14-6-5-7-15(10-14)23(26)27/h5-7,10-11,18,22H,8-9H2,1-4H3. The van der Waals surface area contributed by atoms with Crippen LogP contribution in [0.15, 0.2) is 46.8 Å². The number of esters is 2. The Hall–Kier alpha value is -2.43. The lowest BCUT2D eigenvalue weighted by Crippen LogP contribution is -2.33. The van der Waals surface area contributed by atoms with Gasteiger partial charge in [0.25, 0.3) is 5.69 Å². The van der Waals surface area contributed by atoms with E-state index in [-0.39, 0.29) is 29.5 Å². The number of halogens is 1. The lowest BCUT2D eigenvalue weighted by molar-refractivity contribution is -0.384. The van der Waals surface area contributed by atoms with Crippen molar-refractivity contribution < 1.29 is 24.0 Å². The maximum Gasteiger partial charge on any atom is 0.337 e. The van der Waals surface area contributed by atoms with Gasteiger partial charge in [-0.25, -0.2) is 9.59 Å². The smallest absolute Gasteiger partial charge is 0.337 e. The van der Waals surface area contributed by atoms with Gasteiger partial charge in [-0.1, -0.05) is 34.7 Å². The summed E-state index contributed by atoms with van der Waals surface area (Å²) < 4.78 is 11.3. The van der Waals surface area contributed by atoms with Gasteiger partial charge in [-0.2, -0.15) is 0 Å². The van der Waals surface area contributed by atoms with Gasteiger partial charge in [0.2, 0.25) is 0 Å². The molecule has 2 rings (SSSR count).